The second kappa shape index (κ2) is 21.3. The van der Waals surface area contributed by atoms with Crippen molar-refractivity contribution in [2.75, 3.05) is 49.2 Å². The van der Waals surface area contributed by atoms with Gasteiger partial charge in [0.1, 0.15) is 47.4 Å². The fraction of sp³-hybridized carbons (Fsp3) is 0.465. The van der Waals surface area contributed by atoms with E-state index >= 15 is 0 Å². The van der Waals surface area contributed by atoms with Crippen LogP contribution in [0.15, 0.2) is 54.1 Å². The number of nitrogens with zero attached hydrogens (tertiary/aromatic N) is 7. The summed E-state index contributed by atoms with van der Waals surface area (Å²) in [5.41, 5.74) is 9.61. The summed E-state index contributed by atoms with van der Waals surface area (Å²) >= 11 is 4.10. The Labute approximate surface area is 439 Å². The predicted molar refractivity (Wildman–Crippen MR) is 275 cm³/mol. The molecule has 76 heavy (non-hydrogen) atoms. The van der Waals surface area contributed by atoms with Gasteiger partial charge in [0.15, 0.2) is 40.8 Å². The van der Waals surface area contributed by atoms with Crippen LogP contribution in [-0.2, 0) is 58.5 Å². The first kappa shape index (κ1) is 57.1. The van der Waals surface area contributed by atoms with Gasteiger partial charge < -0.3 is 60.2 Å². The number of aliphatic hydroxyl groups excluding tert-OH is 1. The number of likely N-dealkylation sites (N-methyl/N-ethyl adjacent to an activating group) is 1. The zero-order chi connectivity index (χ0) is 55.5. The molecule has 10 N–H and O–H groups in total. The number of fused-ring (bicyclic) bond motifs is 5. The number of imidazole rings is 1. The molecule has 412 valence electrons. The minimum absolute atomic E-state index is 0.0154. The Bertz CT molecular complexity index is 3480. The van der Waals surface area contributed by atoms with E-state index < -0.39 is 86.9 Å². The first-order valence-electron chi connectivity index (χ1n) is 23.3. The van der Waals surface area contributed by atoms with Gasteiger partial charge in [0, 0.05) is 63.6 Å². The number of benzene rings is 2. The van der Waals surface area contributed by atoms with Crippen LogP contribution in [0.4, 0.5) is 22.0 Å². The van der Waals surface area contributed by atoms with Crippen molar-refractivity contribution in [3.63, 3.8) is 0 Å². The van der Waals surface area contributed by atoms with E-state index in [0.29, 0.717) is 52.0 Å². The van der Waals surface area contributed by atoms with Gasteiger partial charge in [0.25, 0.3) is 10.1 Å². The van der Waals surface area contributed by atoms with Crippen LogP contribution in [0.1, 0.15) is 71.7 Å². The van der Waals surface area contributed by atoms with Crippen molar-refractivity contribution >= 4 is 95.8 Å². The summed E-state index contributed by atoms with van der Waals surface area (Å²) < 4.78 is 93.1. The van der Waals surface area contributed by atoms with E-state index in [1.807, 2.05) is 30.6 Å². The lowest BCUT2D eigenvalue weighted by atomic mass is 9.88. The number of nitrogen functional groups attached to an aromatic ring is 1. The Morgan fingerprint density at radius 3 is 2.39 bits per heavy atom. The van der Waals surface area contributed by atoms with Crippen molar-refractivity contribution in [2.45, 2.75) is 90.0 Å². The lowest BCUT2D eigenvalue weighted by Crippen LogP contribution is -2.50. The number of aromatic nitrogens is 4. The van der Waals surface area contributed by atoms with Gasteiger partial charge in [-0.05, 0) is 68.9 Å². The third-order valence-corrected chi connectivity index (χ3v) is 17.7. The zero-order valence-electron chi connectivity index (χ0n) is 41.5. The lowest BCUT2D eigenvalue weighted by Gasteiger charge is -2.43. The molecule has 2 aromatic heterocycles. The molecule has 2 amide bonds. The molecule has 6 heterocycles. The summed E-state index contributed by atoms with van der Waals surface area (Å²) in [4.78, 5) is 83.9. The number of anilines is 2. The number of nitrogens with one attached hydrogen (secondary N) is 2. The van der Waals surface area contributed by atoms with Gasteiger partial charge in [0.2, 0.25) is 11.3 Å². The van der Waals surface area contributed by atoms with Crippen LogP contribution in [0.25, 0.3) is 22.3 Å². The number of phosphoric ester groups is 1. The second-order valence-electron chi connectivity index (χ2n) is 19.1. The number of nitrogens with two attached hydrogens (primary N) is 1. The van der Waals surface area contributed by atoms with E-state index in [1.165, 1.54) is 10.9 Å². The SMILES string of the molecule is CCN1c2cc3c(cc2C(C)=CC1(C)C)N=c1cc2c(cc1O3)=[N+](CCCC(=O)NCCNC(=O)O[C@H]1[C@@H](O)[C@H](n3cnc4c(N)ncnc43)O[C@@H]1COP(=O)(O)OP(=O)(O)OP(O)(O)=S)C(C)(C)C=C2CS(=O)(=O)O. The van der Waals surface area contributed by atoms with Gasteiger partial charge in [0.05, 0.1) is 30.1 Å². The Morgan fingerprint density at radius 2 is 1.70 bits per heavy atom. The highest BCUT2D eigenvalue weighted by molar-refractivity contribution is 8.08. The maximum absolute atomic E-state index is 13.2. The first-order chi connectivity index (χ1) is 35.3. The molecule has 0 radical (unpaired) electrons. The van der Waals surface area contributed by atoms with E-state index in [9.17, 15) is 56.4 Å². The van der Waals surface area contributed by atoms with Gasteiger partial charge in [-0.1, -0.05) is 6.08 Å². The maximum atomic E-state index is 13.2. The molecule has 4 aliphatic rings. The van der Waals surface area contributed by atoms with E-state index in [2.05, 4.69) is 84.7 Å². The molecular weight excluding hydrogens is 1100 g/mol. The van der Waals surface area contributed by atoms with Crippen LogP contribution in [0.2, 0.25) is 0 Å². The maximum Gasteiger partial charge on any atom is 0.488 e. The number of hydrogen-bond donors (Lipinski definition) is 9. The summed E-state index contributed by atoms with van der Waals surface area (Å²) in [6, 6.07) is 7.50. The summed E-state index contributed by atoms with van der Waals surface area (Å²) in [7, 11) is -15.8. The Morgan fingerprint density at radius 1 is 0.974 bits per heavy atom. The molecular formula is C43H56N10O18P3S2+. The Balaban J connectivity index is 0.921. The molecule has 8 rings (SSSR count). The molecule has 28 nitrogen and oxygen atoms in total. The van der Waals surface area contributed by atoms with Gasteiger partial charge in [-0.15, -0.1) is 0 Å². The van der Waals surface area contributed by atoms with E-state index in [1.54, 1.807) is 18.2 Å². The van der Waals surface area contributed by atoms with Crippen LogP contribution in [0, 0.1) is 0 Å². The average Bonchev–Trinajstić information content (AvgIpc) is 3.88. The number of alkyl carbamates (subject to hydrolysis) is 1. The molecule has 4 aliphatic heterocycles. The molecule has 1 fully saturated rings. The molecule has 0 spiro atoms. The standard InChI is InChI=1S/C43H55N10O18P3S2/c1-7-52-29-15-31-27(13-25(29)23(2)17-42(52,3)4)50-28-14-26-24(20-76(63,64)65)18-43(5,6)53(30(26)16-32(28)67-31)12-8-9-34(54)45-10-11-46-41(56)69-37-33(19-66-72(57,58)70-73(59,60)71-74(61,62)75)68-40(36(37)55)51-22-49-35-38(44)47-21-48-39(35)51/h13-18,21-22,33,36-37,40,55H,7-12,19-20H2,1-6H3,(H8-,44,45,46,47,48,54,56,57,58,59,60,61,62,63,64,65,75)/p+1/t33-,36-,37-,40-/m1/s1. The second-order valence-corrected chi connectivity index (χ2v) is 26.4. The highest BCUT2D eigenvalue weighted by atomic mass is 32.5. The van der Waals surface area contributed by atoms with Crippen LogP contribution < -0.4 is 41.3 Å². The zero-order valence-corrected chi connectivity index (χ0v) is 45.8. The monoisotopic (exact) mass is 1160 g/mol. The van der Waals surface area contributed by atoms with Crippen molar-refractivity contribution in [1.29, 1.82) is 0 Å². The third kappa shape index (κ3) is 12.7. The molecule has 4 aromatic rings. The number of carbonyl (C=O) groups excluding carboxylic acids is 2. The van der Waals surface area contributed by atoms with Crippen molar-refractivity contribution in [2.24, 2.45) is 4.99 Å². The molecule has 33 heteroatoms. The topological polar surface area (TPSA) is 391 Å². The van der Waals surface area contributed by atoms with E-state index in [0.717, 1.165) is 29.7 Å². The lowest BCUT2D eigenvalue weighted by molar-refractivity contribution is -0.121. The number of amides is 2. The predicted octanol–water partition coefficient (Wildman–Crippen LogP) is 2.45. The smallest absolute Gasteiger partial charge is 0.452 e. The summed E-state index contributed by atoms with van der Waals surface area (Å²) in [6.45, 7) is 7.01. The van der Waals surface area contributed by atoms with E-state index in [4.69, 9.17) is 29.5 Å². The number of hydrogen-bond acceptors (Lipinski definition) is 20. The number of phosphoric acid groups is 2. The van der Waals surface area contributed by atoms with Crippen LogP contribution >= 0.6 is 22.4 Å². The van der Waals surface area contributed by atoms with Gasteiger partial charge in [-0.3, -0.25) is 18.4 Å². The quantitative estimate of drug-likeness (QED) is 0.0248. The summed E-state index contributed by atoms with van der Waals surface area (Å²) in [5, 5.41) is 17.6. The van der Waals surface area contributed by atoms with E-state index in [-0.39, 0.29) is 42.0 Å². The van der Waals surface area contributed by atoms with Crippen molar-refractivity contribution in [1.82, 2.24) is 34.7 Å². The number of allylic oxidation sites excluding steroid dienone is 1. The minimum atomic E-state index is -5.70. The molecule has 0 bridgehead atoms. The average molecular weight is 1160 g/mol. The molecule has 6 atom stereocenters. The highest BCUT2D eigenvalue weighted by Crippen LogP contribution is 2.66. The molecule has 0 saturated carbocycles. The highest BCUT2D eigenvalue weighted by Gasteiger charge is 2.50. The van der Waals surface area contributed by atoms with Gasteiger partial charge >= 0.3 is 28.5 Å². The minimum Gasteiger partial charge on any atom is -0.452 e. The molecule has 2 aromatic carbocycles. The van der Waals surface area contributed by atoms with Crippen LogP contribution in [0.5, 0.6) is 11.5 Å². The largest absolute Gasteiger partial charge is 0.488 e. The normalized spacial score (nSPS) is 22.1. The van der Waals surface area contributed by atoms with Crippen LogP contribution in [-0.4, -0.2) is 137 Å². The molecule has 2 unspecified atom stereocenters. The van der Waals surface area contributed by atoms with Gasteiger partial charge in [-0.25, -0.2) is 42.8 Å². The fourth-order valence-corrected chi connectivity index (χ4v) is 14.1. The van der Waals surface area contributed by atoms with Crippen molar-refractivity contribution in [3.05, 3.63) is 70.9 Å². The van der Waals surface area contributed by atoms with Gasteiger partial charge in [-0.2, -0.15) is 12.7 Å². The number of aliphatic hydroxyl groups is 1. The fourth-order valence-electron chi connectivity index (χ4n) is 9.69. The molecule has 1 saturated heterocycles. The molecule has 0 aliphatic carbocycles. The first-order valence-corrected chi connectivity index (χ1v) is 30.5. The van der Waals surface area contributed by atoms with Crippen molar-refractivity contribution < 1.29 is 83.7 Å². The Hall–Kier alpha value is -5.13. The number of rotatable bonds is 19. The van der Waals surface area contributed by atoms with Crippen LogP contribution in [0.3, 0.4) is 0 Å². The number of ether oxygens (including phenoxy) is 3. The summed E-state index contributed by atoms with van der Waals surface area (Å²) in [5.74, 6) is -0.0868. The van der Waals surface area contributed by atoms with Crippen molar-refractivity contribution in [3.8, 4) is 11.5 Å². The third-order valence-electron chi connectivity index (χ3n) is 12.6. The summed E-state index contributed by atoms with van der Waals surface area (Å²) in [6.07, 6.45) is -1.14. The Kier molecular flexibility index (Phi) is 16.0. The number of carbonyl (C=O) groups is 2.